The fourth-order valence-electron chi connectivity index (χ4n) is 3.35. The highest BCUT2D eigenvalue weighted by atomic mass is 32.2. The van der Waals surface area contributed by atoms with Gasteiger partial charge in [0.15, 0.2) is 6.61 Å². The fourth-order valence-corrected chi connectivity index (χ4v) is 4.84. The number of carbonyl (C=O) groups excluding carboxylic acids is 2. The summed E-state index contributed by atoms with van der Waals surface area (Å²) in [5, 5.41) is 2.85. The molecule has 0 radical (unpaired) electrons. The molecule has 2 aromatic rings. The molecule has 1 aliphatic heterocycles. The van der Waals surface area contributed by atoms with Crippen LogP contribution in [0.5, 0.6) is 5.75 Å². The molecule has 1 heterocycles. The lowest BCUT2D eigenvalue weighted by molar-refractivity contribution is -0.145. The van der Waals surface area contributed by atoms with E-state index >= 15 is 0 Å². The van der Waals surface area contributed by atoms with Crippen molar-refractivity contribution in [3.63, 3.8) is 0 Å². The summed E-state index contributed by atoms with van der Waals surface area (Å²) in [4.78, 5) is 24.3. The number of anilines is 1. The summed E-state index contributed by atoms with van der Waals surface area (Å²) in [7, 11) is -3.55. The number of esters is 1. The molecule has 0 unspecified atom stereocenters. The van der Waals surface area contributed by atoms with Crippen LogP contribution in [0.1, 0.15) is 19.8 Å². The molecule has 0 aliphatic carbocycles. The van der Waals surface area contributed by atoms with Gasteiger partial charge in [-0.3, -0.25) is 4.79 Å². The SMILES string of the molecule is CCOC(=O)COc1cccc(NC(=O)C2CCN(S(=O)(=O)c3ccccc3)CC2)c1. The third-order valence-corrected chi connectivity index (χ3v) is 6.88. The van der Waals surface area contributed by atoms with E-state index < -0.39 is 16.0 Å². The van der Waals surface area contributed by atoms with Gasteiger partial charge in [-0.15, -0.1) is 0 Å². The molecular formula is C22H26N2O6S. The molecule has 2 aromatic carbocycles. The predicted octanol–water partition coefficient (Wildman–Crippen LogP) is 2.67. The molecule has 9 heteroatoms. The van der Waals surface area contributed by atoms with Crippen molar-refractivity contribution in [2.45, 2.75) is 24.7 Å². The van der Waals surface area contributed by atoms with Gasteiger partial charge in [-0.05, 0) is 44.0 Å². The third kappa shape index (κ3) is 6.05. The van der Waals surface area contributed by atoms with Gasteiger partial charge in [0.25, 0.3) is 0 Å². The average molecular weight is 447 g/mol. The Morgan fingerprint density at radius 1 is 1.06 bits per heavy atom. The monoisotopic (exact) mass is 446 g/mol. The summed E-state index contributed by atoms with van der Waals surface area (Å²) in [6.45, 7) is 2.37. The molecule has 8 nitrogen and oxygen atoms in total. The van der Waals surface area contributed by atoms with E-state index in [1.165, 1.54) is 4.31 Å². The topological polar surface area (TPSA) is 102 Å². The minimum atomic E-state index is -3.55. The van der Waals surface area contributed by atoms with Crippen LogP contribution in [0.3, 0.4) is 0 Å². The van der Waals surface area contributed by atoms with Crippen molar-refractivity contribution >= 4 is 27.6 Å². The molecule has 1 saturated heterocycles. The minimum absolute atomic E-state index is 0.167. The second-order valence-electron chi connectivity index (χ2n) is 7.10. The number of sulfonamides is 1. The molecular weight excluding hydrogens is 420 g/mol. The number of piperidine rings is 1. The standard InChI is InChI=1S/C22H26N2O6S/c1-2-29-21(25)16-30-19-8-6-7-18(15-19)23-22(26)17-11-13-24(14-12-17)31(27,28)20-9-4-3-5-10-20/h3-10,15,17H,2,11-14,16H2,1H3,(H,23,26). The van der Waals surface area contributed by atoms with Gasteiger partial charge in [-0.2, -0.15) is 4.31 Å². The van der Waals surface area contributed by atoms with E-state index in [4.69, 9.17) is 9.47 Å². The van der Waals surface area contributed by atoms with Crippen LogP contribution in [0, 0.1) is 5.92 Å². The van der Waals surface area contributed by atoms with Gasteiger partial charge in [0.1, 0.15) is 5.75 Å². The predicted molar refractivity (Wildman–Crippen MR) is 115 cm³/mol. The molecule has 3 rings (SSSR count). The van der Waals surface area contributed by atoms with Crippen LogP contribution in [0.2, 0.25) is 0 Å². The van der Waals surface area contributed by atoms with Gasteiger partial charge in [-0.25, -0.2) is 13.2 Å². The lowest BCUT2D eigenvalue weighted by atomic mass is 9.97. The van der Waals surface area contributed by atoms with Crippen LogP contribution in [0.25, 0.3) is 0 Å². The number of amides is 1. The van der Waals surface area contributed by atoms with E-state index in [1.54, 1.807) is 61.5 Å². The van der Waals surface area contributed by atoms with Crippen LogP contribution in [-0.4, -0.2) is 50.9 Å². The first-order chi connectivity index (χ1) is 14.9. The molecule has 0 saturated carbocycles. The Morgan fingerprint density at radius 2 is 1.77 bits per heavy atom. The smallest absolute Gasteiger partial charge is 0.344 e. The first kappa shape index (κ1) is 22.8. The van der Waals surface area contributed by atoms with E-state index in [1.807, 2.05) is 0 Å². The third-order valence-electron chi connectivity index (χ3n) is 4.97. The van der Waals surface area contributed by atoms with Crippen molar-refractivity contribution in [1.82, 2.24) is 4.31 Å². The highest BCUT2D eigenvalue weighted by Gasteiger charge is 2.32. The molecule has 0 aromatic heterocycles. The van der Waals surface area contributed by atoms with Crippen LogP contribution >= 0.6 is 0 Å². The first-order valence-corrected chi connectivity index (χ1v) is 11.6. The number of hydrogen-bond donors (Lipinski definition) is 1. The maximum atomic E-state index is 12.7. The van der Waals surface area contributed by atoms with Crippen molar-refractivity contribution in [1.29, 1.82) is 0 Å². The zero-order valence-corrected chi connectivity index (χ0v) is 18.1. The van der Waals surface area contributed by atoms with Gasteiger partial charge >= 0.3 is 5.97 Å². The maximum absolute atomic E-state index is 12.7. The number of nitrogens with one attached hydrogen (secondary N) is 1. The molecule has 0 bridgehead atoms. The summed E-state index contributed by atoms with van der Waals surface area (Å²) >= 11 is 0. The van der Waals surface area contributed by atoms with Crippen molar-refractivity contribution < 1.29 is 27.5 Å². The van der Waals surface area contributed by atoms with Gasteiger partial charge < -0.3 is 14.8 Å². The van der Waals surface area contributed by atoms with E-state index in [0.717, 1.165) is 0 Å². The van der Waals surface area contributed by atoms with E-state index in [2.05, 4.69) is 5.32 Å². The Hall–Kier alpha value is -2.91. The molecule has 1 N–H and O–H groups in total. The summed E-state index contributed by atoms with van der Waals surface area (Å²) in [6, 6.07) is 15.1. The fraction of sp³-hybridized carbons (Fsp3) is 0.364. The average Bonchev–Trinajstić information content (AvgIpc) is 2.79. The molecule has 1 fully saturated rings. The molecule has 31 heavy (non-hydrogen) atoms. The normalized spacial score (nSPS) is 15.3. The molecule has 1 amide bonds. The van der Waals surface area contributed by atoms with Gasteiger partial charge in [0, 0.05) is 30.8 Å². The molecule has 1 aliphatic rings. The van der Waals surface area contributed by atoms with Crippen LogP contribution in [0.4, 0.5) is 5.69 Å². The number of hydrogen-bond acceptors (Lipinski definition) is 6. The summed E-state index contributed by atoms with van der Waals surface area (Å²) in [6.07, 6.45) is 0.883. The second kappa shape index (κ2) is 10.4. The van der Waals surface area contributed by atoms with Crippen LogP contribution in [-0.2, 0) is 24.3 Å². The Labute approximate surface area is 182 Å². The van der Waals surface area contributed by atoms with E-state index in [9.17, 15) is 18.0 Å². The largest absolute Gasteiger partial charge is 0.482 e. The Kier molecular flexibility index (Phi) is 7.64. The second-order valence-corrected chi connectivity index (χ2v) is 9.04. The summed E-state index contributed by atoms with van der Waals surface area (Å²) in [5.41, 5.74) is 0.547. The van der Waals surface area contributed by atoms with Crippen molar-refractivity contribution in [3.8, 4) is 5.75 Å². The van der Waals surface area contributed by atoms with Crippen molar-refractivity contribution in [3.05, 3.63) is 54.6 Å². The lowest BCUT2D eigenvalue weighted by Crippen LogP contribution is -2.41. The van der Waals surface area contributed by atoms with Crippen molar-refractivity contribution in [2.75, 3.05) is 31.6 Å². The van der Waals surface area contributed by atoms with Crippen LogP contribution < -0.4 is 10.1 Å². The maximum Gasteiger partial charge on any atom is 0.344 e. The number of ether oxygens (including phenoxy) is 2. The lowest BCUT2D eigenvalue weighted by Gasteiger charge is -2.30. The Bertz CT molecular complexity index is 1000. The number of rotatable bonds is 8. The van der Waals surface area contributed by atoms with Gasteiger partial charge in [0.05, 0.1) is 11.5 Å². The number of nitrogens with zero attached hydrogens (tertiary/aromatic N) is 1. The summed E-state index contributed by atoms with van der Waals surface area (Å²) in [5.74, 6) is -0.477. The van der Waals surface area contributed by atoms with Gasteiger partial charge in [-0.1, -0.05) is 24.3 Å². The number of benzene rings is 2. The summed E-state index contributed by atoms with van der Waals surface area (Å²) < 4.78 is 37.1. The molecule has 166 valence electrons. The van der Waals surface area contributed by atoms with Gasteiger partial charge in [0.2, 0.25) is 15.9 Å². The highest BCUT2D eigenvalue weighted by molar-refractivity contribution is 7.89. The zero-order valence-electron chi connectivity index (χ0n) is 17.3. The molecule has 0 atom stereocenters. The van der Waals surface area contributed by atoms with E-state index in [0.29, 0.717) is 24.3 Å². The van der Waals surface area contributed by atoms with E-state index in [-0.39, 0.29) is 43.0 Å². The number of carbonyl (C=O) groups is 2. The Morgan fingerprint density at radius 3 is 2.45 bits per heavy atom. The first-order valence-electron chi connectivity index (χ1n) is 10.1. The highest BCUT2D eigenvalue weighted by Crippen LogP contribution is 2.25. The van der Waals surface area contributed by atoms with Crippen LogP contribution in [0.15, 0.2) is 59.5 Å². The quantitative estimate of drug-likeness (QED) is 0.626. The molecule has 0 spiro atoms. The zero-order chi connectivity index (χ0) is 22.3. The minimum Gasteiger partial charge on any atom is -0.482 e. The van der Waals surface area contributed by atoms with Crippen molar-refractivity contribution in [2.24, 2.45) is 5.92 Å². The Balaban J connectivity index is 1.53.